The highest BCUT2D eigenvalue weighted by Crippen LogP contribution is 2.17. The molecule has 3 amide bonds. The number of carbonyl (C=O) groups is 2. The summed E-state index contributed by atoms with van der Waals surface area (Å²) < 4.78 is 0. The van der Waals surface area contributed by atoms with Crippen LogP contribution in [0.15, 0.2) is 0 Å². The van der Waals surface area contributed by atoms with Crippen molar-refractivity contribution in [2.24, 2.45) is 0 Å². The topological polar surface area (TPSA) is 70.2 Å². The van der Waals surface area contributed by atoms with Gasteiger partial charge in [-0.3, -0.25) is 4.79 Å². The van der Waals surface area contributed by atoms with E-state index in [2.05, 4.69) is 16.0 Å². The normalized spacial score (nSPS) is 25.4. The fourth-order valence-corrected chi connectivity index (χ4v) is 2.53. The molecule has 1 aliphatic heterocycles. The fraction of sp³-hybridized carbons (Fsp3) is 0.833. The number of urea groups is 1. The summed E-state index contributed by atoms with van der Waals surface area (Å²) in [5, 5.41) is 8.65. The van der Waals surface area contributed by atoms with Crippen molar-refractivity contribution in [1.29, 1.82) is 0 Å². The van der Waals surface area contributed by atoms with Crippen molar-refractivity contribution in [3.63, 3.8) is 0 Å². The van der Waals surface area contributed by atoms with E-state index < -0.39 is 0 Å². The highest BCUT2D eigenvalue weighted by atomic mass is 16.2. The summed E-state index contributed by atoms with van der Waals surface area (Å²) in [7, 11) is 0. The van der Waals surface area contributed by atoms with Crippen LogP contribution in [0.5, 0.6) is 0 Å². The van der Waals surface area contributed by atoms with Crippen LogP contribution >= 0.6 is 0 Å². The first-order valence-corrected chi connectivity index (χ1v) is 6.58. The van der Waals surface area contributed by atoms with Gasteiger partial charge in [-0.2, -0.15) is 0 Å². The van der Waals surface area contributed by atoms with Gasteiger partial charge in [-0.15, -0.1) is 0 Å². The lowest BCUT2D eigenvalue weighted by atomic mass is 9.96. The highest BCUT2D eigenvalue weighted by Gasteiger charge is 2.21. The van der Waals surface area contributed by atoms with Crippen LogP contribution in [0.4, 0.5) is 4.79 Å². The van der Waals surface area contributed by atoms with Gasteiger partial charge in [0.2, 0.25) is 5.91 Å². The van der Waals surface area contributed by atoms with E-state index in [0.717, 1.165) is 19.3 Å². The number of rotatable bonds is 3. The molecule has 1 atom stereocenters. The summed E-state index contributed by atoms with van der Waals surface area (Å²) >= 11 is 0. The molecular weight excluding hydrogens is 218 g/mol. The Labute approximate surface area is 102 Å². The Balaban J connectivity index is 1.61. The summed E-state index contributed by atoms with van der Waals surface area (Å²) in [5.74, 6) is 0.0875. The van der Waals surface area contributed by atoms with E-state index in [1.54, 1.807) is 0 Å². The monoisotopic (exact) mass is 239 g/mol. The maximum absolute atomic E-state index is 11.6. The third-order valence-corrected chi connectivity index (χ3v) is 3.53. The Morgan fingerprint density at radius 2 is 2.00 bits per heavy atom. The molecule has 1 saturated carbocycles. The molecule has 0 aromatic heterocycles. The van der Waals surface area contributed by atoms with Gasteiger partial charge in [0.25, 0.3) is 0 Å². The second-order valence-electron chi connectivity index (χ2n) is 4.99. The molecule has 96 valence electrons. The van der Waals surface area contributed by atoms with Crippen LogP contribution < -0.4 is 16.0 Å². The van der Waals surface area contributed by atoms with Crippen molar-refractivity contribution in [3.8, 4) is 0 Å². The van der Waals surface area contributed by atoms with Crippen molar-refractivity contribution in [2.75, 3.05) is 6.54 Å². The van der Waals surface area contributed by atoms with Gasteiger partial charge in [-0.25, -0.2) is 4.79 Å². The Morgan fingerprint density at radius 3 is 2.65 bits per heavy atom. The molecule has 2 rings (SSSR count). The summed E-state index contributed by atoms with van der Waals surface area (Å²) in [4.78, 5) is 22.6. The fourth-order valence-electron chi connectivity index (χ4n) is 2.53. The number of nitrogens with one attached hydrogen (secondary N) is 3. The molecule has 0 radical (unpaired) electrons. The van der Waals surface area contributed by atoms with Crippen LogP contribution in [0.1, 0.15) is 44.9 Å². The third kappa shape index (κ3) is 3.91. The average molecular weight is 239 g/mol. The van der Waals surface area contributed by atoms with Gasteiger partial charge in [-0.1, -0.05) is 19.3 Å². The highest BCUT2D eigenvalue weighted by molar-refractivity contribution is 5.79. The molecule has 1 saturated heterocycles. The predicted molar refractivity (Wildman–Crippen MR) is 64.6 cm³/mol. The van der Waals surface area contributed by atoms with E-state index in [4.69, 9.17) is 0 Å². The molecular formula is C12H21N3O2. The number of amides is 3. The molecule has 0 aromatic rings. The van der Waals surface area contributed by atoms with Crippen molar-refractivity contribution in [2.45, 2.75) is 57.0 Å². The lowest BCUT2D eigenvalue weighted by Crippen LogP contribution is -2.46. The van der Waals surface area contributed by atoms with Crippen LogP contribution in [-0.4, -0.2) is 30.6 Å². The molecule has 1 aliphatic carbocycles. The molecule has 1 unspecified atom stereocenters. The molecule has 2 aliphatic rings. The van der Waals surface area contributed by atoms with Crippen LogP contribution in [0.2, 0.25) is 0 Å². The Hall–Kier alpha value is -1.26. The second-order valence-corrected chi connectivity index (χ2v) is 4.99. The SMILES string of the molecule is O=C1CCC(CNC(=O)NC2CCCCC2)N1. The summed E-state index contributed by atoms with van der Waals surface area (Å²) in [6.07, 6.45) is 7.29. The average Bonchev–Trinajstić information content (AvgIpc) is 2.74. The van der Waals surface area contributed by atoms with Gasteiger partial charge >= 0.3 is 6.03 Å². The van der Waals surface area contributed by atoms with Gasteiger partial charge in [0, 0.05) is 25.0 Å². The number of carbonyl (C=O) groups excluding carboxylic acids is 2. The molecule has 17 heavy (non-hydrogen) atoms. The van der Waals surface area contributed by atoms with Gasteiger partial charge in [0.15, 0.2) is 0 Å². The van der Waals surface area contributed by atoms with Crippen molar-refractivity contribution < 1.29 is 9.59 Å². The minimum absolute atomic E-state index is 0.0875. The van der Waals surface area contributed by atoms with E-state index in [0.29, 0.717) is 19.0 Å². The quantitative estimate of drug-likeness (QED) is 0.684. The first kappa shape index (κ1) is 12.2. The van der Waals surface area contributed by atoms with Crippen molar-refractivity contribution >= 4 is 11.9 Å². The molecule has 1 heterocycles. The lowest BCUT2D eigenvalue weighted by molar-refractivity contribution is -0.119. The predicted octanol–water partition coefficient (Wildman–Crippen LogP) is 0.897. The molecule has 3 N–H and O–H groups in total. The summed E-state index contributed by atoms with van der Waals surface area (Å²) in [6, 6.07) is 0.347. The van der Waals surface area contributed by atoms with E-state index in [-0.39, 0.29) is 18.0 Å². The molecule has 0 spiro atoms. The van der Waals surface area contributed by atoms with Crippen LogP contribution in [-0.2, 0) is 4.79 Å². The third-order valence-electron chi connectivity index (χ3n) is 3.53. The van der Waals surface area contributed by atoms with E-state index >= 15 is 0 Å². The zero-order chi connectivity index (χ0) is 12.1. The molecule has 2 fully saturated rings. The van der Waals surface area contributed by atoms with E-state index in [1.165, 1.54) is 19.3 Å². The number of hydrogen-bond acceptors (Lipinski definition) is 2. The van der Waals surface area contributed by atoms with Gasteiger partial charge in [0.1, 0.15) is 0 Å². The van der Waals surface area contributed by atoms with Crippen molar-refractivity contribution in [3.05, 3.63) is 0 Å². The van der Waals surface area contributed by atoms with E-state index in [9.17, 15) is 9.59 Å². The molecule has 0 bridgehead atoms. The first-order valence-electron chi connectivity index (χ1n) is 6.58. The minimum atomic E-state index is -0.0990. The van der Waals surface area contributed by atoms with Crippen LogP contribution in [0.25, 0.3) is 0 Å². The zero-order valence-corrected chi connectivity index (χ0v) is 10.1. The summed E-state index contributed by atoms with van der Waals surface area (Å²) in [6.45, 7) is 0.532. The zero-order valence-electron chi connectivity index (χ0n) is 10.1. The minimum Gasteiger partial charge on any atom is -0.352 e. The van der Waals surface area contributed by atoms with Crippen molar-refractivity contribution in [1.82, 2.24) is 16.0 Å². The largest absolute Gasteiger partial charge is 0.352 e. The Bertz CT molecular complexity index is 287. The molecule has 5 nitrogen and oxygen atoms in total. The van der Waals surface area contributed by atoms with Gasteiger partial charge < -0.3 is 16.0 Å². The smallest absolute Gasteiger partial charge is 0.315 e. The van der Waals surface area contributed by atoms with Gasteiger partial charge in [-0.05, 0) is 19.3 Å². The maximum atomic E-state index is 11.6. The Morgan fingerprint density at radius 1 is 1.24 bits per heavy atom. The standard InChI is InChI=1S/C12H21N3O2/c16-11-7-6-10(14-11)8-13-12(17)15-9-4-2-1-3-5-9/h9-10H,1-8H2,(H,14,16)(H2,13,15,17). The lowest BCUT2D eigenvalue weighted by Gasteiger charge is -2.23. The Kier molecular flexibility index (Phi) is 4.23. The van der Waals surface area contributed by atoms with Crippen LogP contribution in [0, 0.1) is 0 Å². The first-order chi connectivity index (χ1) is 8.24. The maximum Gasteiger partial charge on any atom is 0.315 e. The van der Waals surface area contributed by atoms with E-state index in [1.807, 2.05) is 0 Å². The molecule has 5 heteroatoms. The summed E-state index contributed by atoms with van der Waals surface area (Å²) in [5.41, 5.74) is 0. The number of hydrogen-bond donors (Lipinski definition) is 3. The van der Waals surface area contributed by atoms with Gasteiger partial charge in [0.05, 0.1) is 0 Å². The second kappa shape index (κ2) is 5.89. The van der Waals surface area contributed by atoms with Crippen LogP contribution in [0.3, 0.4) is 0 Å². The molecule has 0 aromatic carbocycles.